The number of carbonyl (C=O) groups excluding carboxylic acids is 1. The SMILES string of the molecule is CC1CN2CCCCC2CN1S(=O)(=O)c1ccc(C=O)o1. The van der Waals surface area contributed by atoms with Crippen molar-refractivity contribution in [3.8, 4) is 0 Å². The summed E-state index contributed by atoms with van der Waals surface area (Å²) in [5, 5.41) is -0.138. The van der Waals surface area contributed by atoms with E-state index in [2.05, 4.69) is 4.90 Å². The van der Waals surface area contributed by atoms with Gasteiger partial charge in [-0.25, -0.2) is 8.42 Å². The first-order chi connectivity index (χ1) is 10.0. The molecule has 0 aliphatic carbocycles. The van der Waals surface area contributed by atoms with Gasteiger partial charge in [-0.1, -0.05) is 6.42 Å². The molecule has 2 aliphatic rings. The molecule has 21 heavy (non-hydrogen) atoms. The van der Waals surface area contributed by atoms with Crippen LogP contribution < -0.4 is 0 Å². The third-order valence-corrected chi connectivity index (χ3v) is 6.27. The Kier molecular flexibility index (Phi) is 3.90. The van der Waals surface area contributed by atoms with E-state index in [-0.39, 0.29) is 16.9 Å². The van der Waals surface area contributed by atoms with Crippen LogP contribution in [0.3, 0.4) is 0 Å². The minimum Gasteiger partial charge on any atom is -0.440 e. The van der Waals surface area contributed by atoms with Gasteiger partial charge in [0.15, 0.2) is 12.0 Å². The van der Waals surface area contributed by atoms with E-state index >= 15 is 0 Å². The van der Waals surface area contributed by atoms with Crippen molar-refractivity contribution in [1.29, 1.82) is 0 Å². The van der Waals surface area contributed by atoms with Gasteiger partial charge in [0.25, 0.3) is 10.0 Å². The highest BCUT2D eigenvalue weighted by Gasteiger charge is 2.40. The van der Waals surface area contributed by atoms with Gasteiger partial charge in [-0.2, -0.15) is 4.31 Å². The molecule has 0 N–H and O–H groups in total. The largest absolute Gasteiger partial charge is 0.440 e. The van der Waals surface area contributed by atoms with Crippen molar-refractivity contribution in [1.82, 2.24) is 9.21 Å². The Morgan fingerprint density at radius 2 is 2.10 bits per heavy atom. The number of piperidine rings is 1. The van der Waals surface area contributed by atoms with E-state index in [4.69, 9.17) is 4.42 Å². The van der Waals surface area contributed by atoms with Gasteiger partial charge < -0.3 is 4.42 Å². The lowest BCUT2D eigenvalue weighted by atomic mass is 9.99. The topological polar surface area (TPSA) is 70.8 Å². The Bertz CT molecular complexity index is 625. The maximum Gasteiger partial charge on any atom is 0.276 e. The maximum absolute atomic E-state index is 12.7. The predicted octanol–water partition coefficient (Wildman–Crippen LogP) is 1.34. The Morgan fingerprint density at radius 3 is 2.81 bits per heavy atom. The normalized spacial score (nSPS) is 28.2. The number of fused-ring (bicyclic) bond motifs is 1. The van der Waals surface area contributed by atoms with Gasteiger partial charge in [-0.3, -0.25) is 9.69 Å². The van der Waals surface area contributed by atoms with Gasteiger partial charge >= 0.3 is 0 Å². The minimum atomic E-state index is -3.67. The van der Waals surface area contributed by atoms with Gasteiger partial charge in [0.1, 0.15) is 0 Å². The van der Waals surface area contributed by atoms with Crippen LogP contribution in [0, 0.1) is 0 Å². The van der Waals surface area contributed by atoms with Crippen molar-refractivity contribution >= 4 is 16.3 Å². The van der Waals surface area contributed by atoms with Crippen molar-refractivity contribution in [2.45, 2.75) is 43.4 Å². The van der Waals surface area contributed by atoms with Gasteiger partial charge in [0, 0.05) is 25.2 Å². The lowest BCUT2D eigenvalue weighted by molar-refractivity contribution is 0.0557. The molecule has 7 heteroatoms. The Balaban J connectivity index is 1.85. The summed E-state index contributed by atoms with van der Waals surface area (Å²) >= 11 is 0. The molecule has 0 amide bonds. The zero-order valence-corrected chi connectivity index (χ0v) is 12.9. The van der Waals surface area contributed by atoms with Crippen molar-refractivity contribution in [2.24, 2.45) is 0 Å². The maximum atomic E-state index is 12.7. The van der Waals surface area contributed by atoms with Crippen molar-refractivity contribution in [3.63, 3.8) is 0 Å². The average molecular weight is 312 g/mol. The predicted molar refractivity (Wildman–Crippen MR) is 76.7 cm³/mol. The molecule has 6 nitrogen and oxygen atoms in total. The lowest BCUT2D eigenvalue weighted by Gasteiger charge is -2.46. The summed E-state index contributed by atoms with van der Waals surface area (Å²) in [7, 11) is -3.67. The van der Waals surface area contributed by atoms with E-state index in [1.54, 1.807) is 0 Å². The fourth-order valence-corrected chi connectivity index (χ4v) is 4.89. The molecular weight excluding hydrogens is 292 g/mol. The highest BCUT2D eigenvalue weighted by atomic mass is 32.2. The smallest absolute Gasteiger partial charge is 0.276 e. The number of rotatable bonds is 3. The van der Waals surface area contributed by atoms with Gasteiger partial charge in [-0.05, 0) is 38.4 Å². The number of piperazine rings is 1. The van der Waals surface area contributed by atoms with E-state index in [0.29, 0.717) is 18.9 Å². The third-order valence-electron chi connectivity index (χ3n) is 4.41. The lowest BCUT2D eigenvalue weighted by Crippen LogP contribution is -2.59. The number of nitrogens with zero attached hydrogens (tertiary/aromatic N) is 2. The van der Waals surface area contributed by atoms with Crippen LogP contribution in [-0.2, 0) is 10.0 Å². The van der Waals surface area contributed by atoms with Crippen LogP contribution in [0.4, 0.5) is 0 Å². The zero-order chi connectivity index (χ0) is 15.0. The quantitative estimate of drug-likeness (QED) is 0.788. The summed E-state index contributed by atoms with van der Waals surface area (Å²) in [6.07, 6.45) is 3.90. The van der Waals surface area contributed by atoms with Gasteiger partial charge in [-0.15, -0.1) is 0 Å². The number of aldehydes is 1. The highest BCUT2D eigenvalue weighted by Crippen LogP contribution is 2.28. The first kappa shape index (κ1) is 14.7. The van der Waals surface area contributed by atoms with Gasteiger partial charge in [0.2, 0.25) is 5.09 Å². The summed E-state index contributed by atoms with van der Waals surface area (Å²) in [5.41, 5.74) is 0. The Labute approximate surface area is 124 Å². The molecule has 1 aromatic rings. The first-order valence-corrected chi connectivity index (χ1v) is 8.77. The summed E-state index contributed by atoms with van der Waals surface area (Å²) in [6.45, 7) is 4.23. The average Bonchev–Trinajstić information content (AvgIpc) is 2.96. The van der Waals surface area contributed by atoms with E-state index in [1.807, 2.05) is 6.92 Å². The number of hydrogen-bond acceptors (Lipinski definition) is 5. The molecule has 1 aromatic heterocycles. The second-order valence-electron chi connectivity index (χ2n) is 5.84. The molecule has 0 radical (unpaired) electrons. The van der Waals surface area contributed by atoms with Crippen LogP contribution in [0.15, 0.2) is 21.6 Å². The van der Waals surface area contributed by atoms with E-state index in [9.17, 15) is 13.2 Å². The van der Waals surface area contributed by atoms with E-state index in [0.717, 1.165) is 25.9 Å². The summed E-state index contributed by atoms with van der Waals surface area (Å²) in [4.78, 5) is 13.1. The van der Waals surface area contributed by atoms with Crippen molar-refractivity contribution in [2.75, 3.05) is 19.6 Å². The van der Waals surface area contributed by atoms with Crippen molar-refractivity contribution in [3.05, 3.63) is 17.9 Å². The van der Waals surface area contributed by atoms with Crippen LogP contribution >= 0.6 is 0 Å². The Morgan fingerprint density at radius 1 is 1.29 bits per heavy atom. The van der Waals surface area contributed by atoms with Crippen molar-refractivity contribution < 1.29 is 17.6 Å². The Hall–Kier alpha value is -1.18. The molecule has 116 valence electrons. The minimum absolute atomic E-state index is 0.0394. The molecule has 0 aromatic carbocycles. The number of sulfonamides is 1. The molecule has 2 unspecified atom stereocenters. The number of hydrogen-bond donors (Lipinski definition) is 0. The molecule has 0 bridgehead atoms. The molecule has 3 rings (SSSR count). The summed E-state index contributed by atoms with van der Waals surface area (Å²) in [6, 6.07) is 2.96. The zero-order valence-electron chi connectivity index (χ0n) is 12.1. The molecule has 3 heterocycles. The van der Waals surface area contributed by atoms with E-state index in [1.165, 1.54) is 22.9 Å². The second kappa shape index (κ2) is 5.55. The van der Waals surface area contributed by atoms with Crippen LogP contribution in [0.2, 0.25) is 0 Å². The molecule has 0 spiro atoms. The molecule has 2 saturated heterocycles. The molecule has 0 saturated carbocycles. The number of furan rings is 1. The number of carbonyl (C=O) groups is 1. The molecule has 2 fully saturated rings. The summed E-state index contributed by atoms with van der Waals surface area (Å²) in [5.74, 6) is 0.0394. The molecule has 2 aliphatic heterocycles. The molecule has 2 atom stereocenters. The highest BCUT2D eigenvalue weighted by molar-refractivity contribution is 7.89. The monoisotopic (exact) mass is 312 g/mol. The van der Waals surface area contributed by atoms with Gasteiger partial charge in [0.05, 0.1) is 0 Å². The third kappa shape index (κ3) is 2.65. The first-order valence-electron chi connectivity index (χ1n) is 7.33. The standard InChI is InChI=1S/C14H20N2O4S/c1-11-8-15-7-3-2-4-12(15)9-16(11)21(18,19)14-6-5-13(10-17)20-14/h5-6,10-12H,2-4,7-9H2,1H3. The fraction of sp³-hybridized carbons (Fsp3) is 0.643. The van der Waals surface area contributed by atoms with Crippen LogP contribution in [0.1, 0.15) is 36.7 Å². The second-order valence-corrected chi connectivity index (χ2v) is 7.66. The summed E-state index contributed by atoms with van der Waals surface area (Å²) < 4.78 is 32.0. The molecular formula is C14H20N2O4S. The van der Waals surface area contributed by atoms with Crippen LogP contribution in [0.25, 0.3) is 0 Å². The van der Waals surface area contributed by atoms with E-state index < -0.39 is 10.0 Å². The van der Waals surface area contributed by atoms with Crippen LogP contribution in [0.5, 0.6) is 0 Å². The fourth-order valence-electron chi connectivity index (χ4n) is 3.31. The van der Waals surface area contributed by atoms with Crippen LogP contribution in [-0.4, -0.2) is 55.6 Å².